The first-order chi connectivity index (χ1) is 9.67. The van der Waals surface area contributed by atoms with Crippen molar-refractivity contribution in [3.8, 4) is 16.9 Å². The van der Waals surface area contributed by atoms with Crippen molar-refractivity contribution in [3.63, 3.8) is 0 Å². The van der Waals surface area contributed by atoms with Crippen LogP contribution in [0, 0.1) is 0 Å². The zero-order valence-corrected chi connectivity index (χ0v) is 11.8. The Hall–Kier alpha value is -2.49. The van der Waals surface area contributed by atoms with E-state index in [1.54, 1.807) is 7.11 Å². The van der Waals surface area contributed by atoms with Crippen LogP contribution in [0.3, 0.4) is 0 Å². The molecule has 0 atom stereocenters. The lowest BCUT2D eigenvalue weighted by molar-refractivity contribution is 0.415. The second kappa shape index (κ2) is 4.89. The van der Waals surface area contributed by atoms with Gasteiger partial charge in [-0.15, -0.1) is 0 Å². The summed E-state index contributed by atoms with van der Waals surface area (Å²) in [4.78, 5) is 6.32. The minimum atomic E-state index is 0.617. The molecule has 0 bridgehead atoms. The van der Waals surface area contributed by atoms with E-state index in [1.807, 2.05) is 61.5 Å². The molecule has 4 nitrogen and oxygen atoms in total. The maximum Gasteiger partial charge on any atom is 0.297 e. The molecule has 0 radical (unpaired) electrons. The Kier molecular flexibility index (Phi) is 3.06. The smallest absolute Gasteiger partial charge is 0.297 e. The molecular formula is C16H16N2O2. The lowest BCUT2D eigenvalue weighted by Crippen LogP contribution is -2.08. The van der Waals surface area contributed by atoms with Gasteiger partial charge in [-0.25, -0.2) is 0 Å². The summed E-state index contributed by atoms with van der Waals surface area (Å²) in [6, 6.07) is 14.6. The molecule has 0 saturated heterocycles. The van der Waals surface area contributed by atoms with Gasteiger partial charge in [-0.3, -0.25) is 0 Å². The molecule has 0 N–H and O–H groups in total. The van der Waals surface area contributed by atoms with Crippen molar-refractivity contribution in [2.24, 2.45) is 0 Å². The third-order valence-electron chi connectivity index (χ3n) is 3.18. The monoisotopic (exact) mass is 268 g/mol. The number of methoxy groups -OCH3 is 1. The van der Waals surface area contributed by atoms with Crippen LogP contribution in [0.1, 0.15) is 0 Å². The summed E-state index contributed by atoms with van der Waals surface area (Å²) in [7, 11) is 5.49. The Bertz CT molecular complexity index is 730. The first-order valence-electron chi connectivity index (χ1n) is 6.40. The summed E-state index contributed by atoms with van der Waals surface area (Å²) in [5, 5.41) is 0. The molecule has 0 aliphatic heterocycles. The average molecular weight is 268 g/mol. The highest BCUT2D eigenvalue weighted by atomic mass is 16.5. The third kappa shape index (κ3) is 2.20. The van der Waals surface area contributed by atoms with Crippen molar-refractivity contribution in [1.29, 1.82) is 0 Å². The number of aromatic nitrogens is 1. The van der Waals surface area contributed by atoms with Gasteiger partial charge in [0.2, 0.25) is 0 Å². The molecule has 0 aliphatic carbocycles. The maximum atomic E-state index is 5.65. The molecule has 0 unspecified atom stereocenters. The zero-order valence-electron chi connectivity index (χ0n) is 11.8. The van der Waals surface area contributed by atoms with E-state index >= 15 is 0 Å². The van der Waals surface area contributed by atoms with Gasteiger partial charge < -0.3 is 14.1 Å². The standard InChI is InChI=1S/C16H16N2O2/c1-18(2)16-17-14-10-12(6-9-15(14)20-16)11-4-7-13(19-3)8-5-11/h4-10H,1-3H3. The van der Waals surface area contributed by atoms with Crippen LogP contribution in [-0.2, 0) is 0 Å². The van der Waals surface area contributed by atoms with Crippen LogP contribution < -0.4 is 9.64 Å². The van der Waals surface area contributed by atoms with Gasteiger partial charge in [0, 0.05) is 14.1 Å². The maximum absolute atomic E-state index is 5.65. The molecule has 0 saturated carbocycles. The van der Waals surface area contributed by atoms with Crippen LogP contribution in [0.25, 0.3) is 22.2 Å². The lowest BCUT2D eigenvalue weighted by atomic mass is 10.1. The fraction of sp³-hybridized carbons (Fsp3) is 0.188. The van der Waals surface area contributed by atoms with Crippen LogP contribution in [0.5, 0.6) is 5.75 Å². The SMILES string of the molecule is COc1ccc(-c2ccc3oc(N(C)C)nc3c2)cc1. The second-order valence-corrected chi connectivity index (χ2v) is 4.80. The highest BCUT2D eigenvalue weighted by molar-refractivity contribution is 5.81. The quantitative estimate of drug-likeness (QED) is 0.728. The van der Waals surface area contributed by atoms with E-state index in [4.69, 9.17) is 9.15 Å². The fourth-order valence-corrected chi connectivity index (χ4v) is 2.07. The molecular weight excluding hydrogens is 252 g/mol. The average Bonchev–Trinajstić information content (AvgIpc) is 2.90. The van der Waals surface area contributed by atoms with Gasteiger partial charge in [-0.2, -0.15) is 4.98 Å². The van der Waals surface area contributed by atoms with E-state index < -0.39 is 0 Å². The van der Waals surface area contributed by atoms with E-state index in [0.29, 0.717) is 6.01 Å². The van der Waals surface area contributed by atoms with Crippen molar-refractivity contribution in [2.75, 3.05) is 26.1 Å². The number of hydrogen-bond donors (Lipinski definition) is 0. The Morgan fingerprint density at radius 3 is 2.35 bits per heavy atom. The number of hydrogen-bond acceptors (Lipinski definition) is 4. The lowest BCUT2D eigenvalue weighted by Gasteiger charge is -2.03. The zero-order chi connectivity index (χ0) is 14.1. The van der Waals surface area contributed by atoms with Gasteiger partial charge in [0.1, 0.15) is 11.3 Å². The van der Waals surface area contributed by atoms with Crippen LogP contribution >= 0.6 is 0 Å². The largest absolute Gasteiger partial charge is 0.497 e. The number of rotatable bonds is 3. The van der Waals surface area contributed by atoms with Crippen LogP contribution in [0.15, 0.2) is 46.9 Å². The molecule has 0 amide bonds. The van der Waals surface area contributed by atoms with E-state index in [0.717, 1.165) is 28.0 Å². The van der Waals surface area contributed by atoms with Crippen molar-refractivity contribution in [1.82, 2.24) is 4.98 Å². The van der Waals surface area contributed by atoms with Gasteiger partial charge in [-0.1, -0.05) is 18.2 Å². The minimum absolute atomic E-state index is 0.617. The molecule has 102 valence electrons. The predicted octanol–water partition coefficient (Wildman–Crippen LogP) is 3.57. The van der Waals surface area contributed by atoms with Crippen molar-refractivity contribution in [3.05, 3.63) is 42.5 Å². The third-order valence-corrected chi connectivity index (χ3v) is 3.18. The molecule has 0 fully saturated rings. The first-order valence-corrected chi connectivity index (χ1v) is 6.40. The number of oxazole rings is 1. The Balaban J connectivity index is 2.02. The van der Waals surface area contributed by atoms with Crippen molar-refractivity contribution < 1.29 is 9.15 Å². The summed E-state index contributed by atoms with van der Waals surface area (Å²) < 4.78 is 10.8. The molecule has 1 aromatic heterocycles. The topological polar surface area (TPSA) is 38.5 Å². The van der Waals surface area contributed by atoms with E-state index in [1.165, 1.54) is 0 Å². The molecule has 0 spiro atoms. The highest BCUT2D eigenvalue weighted by Crippen LogP contribution is 2.27. The number of ether oxygens (including phenoxy) is 1. The summed E-state index contributed by atoms with van der Waals surface area (Å²) in [5.74, 6) is 0.853. The van der Waals surface area contributed by atoms with Crippen molar-refractivity contribution in [2.45, 2.75) is 0 Å². The predicted molar refractivity (Wildman–Crippen MR) is 80.3 cm³/mol. The van der Waals surface area contributed by atoms with E-state index in [2.05, 4.69) is 4.98 Å². The summed E-state index contributed by atoms with van der Waals surface area (Å²) in [5.41, 5.74) is 3.90. The van der Waals surface area contributed by atoms with Gasteiger partial charge in [0.25, 0.3) is 6.01 Å². The van der Waals surface area contributed by atoms with E-state index in [9.17, 15) is 0 Å². The molecule has 2 aromatic carbocycles. The Morgan fingerprint density at radius 1 is 1.00 bits per heavy atom. The number of fused-ring (bicyclic) bond motifs is 1. The molecule has 4 heteroatoms. The first kappa shape index (κ1) is 12.5. The van der Waals surface area contributed by atoms with Crippen molar-refractivity contribution >= 4 is 17.1 Å². The normalized spacial score (nSPS) is 10.8. The molecule has 0 aliphatic rings. The number of anilines is 1. The number of benzene rings is 2. The minimum Gasteiger partial charge on any atom is -0.497 e. The Morgan fingerprint density at radius 2 is 1.70 bits per heavy atom. The number of nitrogens with zero attached hydrogens (tertiary/aromatic N) is 2. The highest BCUT2D eigenvalue weighted by Gasteiger charge is 2.08. The molecule has 3 aromatic rings. The second-order valence-electron chi connectivity index (χ2n) is 4.80. The molecule has 3 rings (SSSR count). The Labute approximate surface area is 117 Å². The molecule has 1 heterocycles. The summed E-state index contributed by atoms with van der Waals surface area (Å²) >= 11 is 0. The van der Waals surface area contributed by atoms with Gasteiger partial charge in [-0.05, 0) is 35.4 Å². The van der Waals surface area contributed by atoms with E-state index in [-0.39, 0.29) is 0 Å². The summed E-state index contributed by atoms with van der Waals surface area (Å²) in [6.45, 7) is 0. The van der Waals surface area contributed by atoms with Crippen LogP contribution in [-0.4, -0.2) is 26.2 Å². The van der Waals surface area contributed by atoms with Gasteiger partial charge >= 0.3 is 0 Å². The molecule has 20 heavy (non-hydrogen) atoms. The van der Waals surface area contributed by atoms with Crippen LogP contribution in [0.4, 0.5) is 6.01 Å². The summed E-state index contributed by atoms with van der Waals surface area (Å²) in [6.07, 6.45) is 0. The van der Waals surface area contributed by atoms with Crippen LogP contribution in [0.2, 0.25) is 0 Å². The van der Waals surface area contributed by atoms with Gasteiger partial charge in [0.05, 0.1) is 7.11 Å². The fourth-order valence-electron chi connectivity index (χ4n) is 2.07. The van der Waals surface area contributed by atoms with Gasteiger partial charge in [0.15, 0.2) is 5.58 Å².